The molecule has 5 heteroatoms. The van der Waals surface area contributed by atoms with Gasteiger partial charge in [-0.05, 0) is 23.3 Å². The van der Waals surface area contributed by atoms with Gasteiger partial charge in [-0.3, -0.25) is 0 Å². The standard InChI is InChI=1S/C14H14N4O/c15-13(17-19)12-6-3-7-16-14(12)18-8-10-4-1-2-5-11(10)9-18/h1-7,19H,8-9H2,(H2,15,17). The first-order valence-corrected chi connectivity index (χ1v) is 6.04. The number of pyridine rings is 1. The average molecular weight is 254 g/mol. The lowest BCUT2D eigenvalue weighted by molar-refractivity contribution is 0.318. The zero-order valence-corrected chi connectivity index (χ0v) is 10.3. The van der Waals surface area contributed by atoms with Crippen molar-refractivity contribution in [3.8, 4) is 0 Å². The van der Waals surface area contributed by atoms with E-state index in [-0.39, 0.29) is 5.84 Å². The fourth-order valence-corrected chi connectivity index (χ4v) is 2.39. The molecule has 0 atom stereocenters. The highest BCUT2D eigenvalue weighted by molar-refractivity contribution is 6.01. The van der Waals surface area contributed by atoms with Crippen molar-refractivity contribution in [3.05, 3.63) is 59.3 Å². The Bertz CT molecular complexity index is 614. The van der Waals surface area contributed by atoms with Crippen molar-refractivity contribution in [1.82, 2.24) is 4.98 Å². The lowest BCUT2D eigenvalue weighted by atomic mass is 10.1. The zero-order chi connectivity index (χ0) is 13.2. The number of hydrogen-bond acceptors (Lipinski definition) is 4. The van der Waals surface area contributed by atoms with E-state index < -0.39 is 0 Å². The van der Waals surface area contributed by atoms with E-state index in [9.17, 15) is 0 Å². The highest BCUT2D eigenvalue weighted by Gasteiger charge is 2.22. The fourth-order valence-electron chi connectivity index (χ4n) is 2.39. The van der Waals surface area contributed by atoms with Gasteiger partial charge in [0.25, 0.3) is 0 Å². The van der Waals surface area contributed by atoms with Crippen LogP contribution >= 0.6 is 0 Å². The molecule has 3 rings (SSSR count). The monoisotopic (exact) mass is 254 g/mol. The van der Waals surface area contributed by atoms with Gasteiger partial charge in [-0.25, -0.2) is 4.98 Å². The van der Waals surface area contributed by atoms with Gasteiger partial charge in [0.15, 0.2) is 5.84 Å². The Labute approximate surface area is 111 Å². The molecule has 1 aliphatic heterocycles. The molecule has 2 heterocycles. The molecule has 0 aliphatic carbocycles. The summed E-state index contributed by atoms with van der Waals surface area (Å²) >= 11 is 0. The molecule has 0 amide bonds. The summed E-state index contributed by atoms with van der Waals surface area (Å²) in [6.45, 7) is 1.58. The molecule has 0 saturated heterocycles. The highest BCUT2D eigenvalue weighted by Crippen LogP contribution is 2.28. The first-order valence-electron chi connectivity index (χ1n) is 6.04. The van der Waals surface area contributed by atoms with Crippen molar-refractivity contribution in [2.24, 2.45) is 10.9 Å². The van der Waals surface area contributed by atoms with Crippen LogP contribution in [0.1, 0.15) is 16.7 Å². The summed E-state index contributed by atoms with van der Waals surface area (Å²) in [7, 11) is 0. The molecular formula is C14H14N4O. The maximum atomic E-state index is 8.85. The number of fused-ring (bicyclic) bond motifs is 1. The molecule has 5 nitrogen and oxygen atoms in total. The maximum Gasteiger partial charge on any atom is 0.173 e. The first-order chi connectivity index (χ1) is 9.29. The summed E-state index contributed by atoms with van der Waals surface area (Å²) in [6, 6.07) is 11.9. The number of amidine groups is 1. The molecule has 2 aromatic rings. The molecule has 19 heavy (non-hydrogen) atoms. The van der Waals surface area contributed by atoms with Gasteiger partial charge in [0.2, 0.25) is 0 Å². The van der Waals surface area contributed by atoms with E-state index in [1.165, 1.54) is 11.1 Å². The number of nitrogens with zero attached hydrogens (tertiary/aromatic N) is 3. The van der Waals surface area contributed by atoms with Gasteiger partial charge in [-0.2, -0.15) is 0 Å². The Morgan fingerprint density at radius 2 is 1.84 bits per heavy atom. The smallest absolute Gasteiger partial charge is 0.173 e. The summed E-state index contributed by atoms with van der Waals surface area (Å²) < 4.78 is 0. The van der Waals surface area contributed by atoms with Crippen molar-refractivity contribution >= 4 is 11.7 Å². The van der Waals surface area contributed by atoms with Crippen LogP contribution in [-0.2, 0) is 13.1 Å². The molecule has 96 valence electrons. The van der Waals surface area contributed by atoms with Crippen LogP contribution in [-0.4, -0.2) is 16.0 Å². The second kappa shape index (κ2) is 4.61. The second-order valence-electron chi connectivity index (χ2n) is 4.48. The zero-order valence-electron chi connectivity index (χ0n) is 10.3. The molecule has 0 unspecified atom stereocenters. The third-order valence-electron chi connectivity index (χ3n) is 3.31. The Morgan fingerprint density at radius 1 is 1.16 bits per heavy atom. The lowest BCUT2D eigenvalue weighted by Gasteiger charge is -2.19. The number of hydrogen-bond donors (Lipinski definition) is 2. The van der Waals surface area contributed by atoms with Gasteiger partial charge >= 0.3 is 0 Å². The van der Waals surface area contributed by atoms with E-state index in [1.807, 2.05) is 12.1 Å². The first kappa shape index (κ1) is 11.5. The normalized spacial score (nSPS) is 14.5. The molecule has 0 bridgehead atoms. The molecule has 0 saturated carbocycles. The third kappa shape index (κ3) is 1.99. The molecule has 1 aromatic carbocycles. The van der Waals surface area contributed by atoms with E-state index in [0.717, 1.165) is 18.9 Å². The highest BCUT2D eigenvalue weighted by atomic mass is 16.4. The summed E-state index contributed by atoms with van der Waals surface area (Å²) in [5.41, 5.74) is 8.93. The van der Waals surface area contributed by atoms with Gasteiger partial charge in [-0.15, -0.1) is 0 Å². The van der Waals surface area contributed by atoms with Crippen molar-refractivity contribution in [2.45, 2.75) is 13.1 Å². The van der Waals surface area contributed by atoms with E-state index in [1.54, 1.807) is 18.3 Å². The van der Waals surface area contributed by atoms with E-state index in [0.29, 0.717) is 5.56 Å². The predicted octanol–water partition coefficient (Wildman–Crippen LogP) is 1.70. The fraction of sp³-hybridized carbons (Fsp3) is 0.143. The summed E-state index contributed by atoms with van der Waals surface area (Å²) in [4.78, 5) is 6.49. The summed E-state index contributed by atoms with van der Waals surface area (Å²) in [5, 5.41) is 11.9. The summed E-state index contributed by atoms with van der Waals surface area (Å²) in [6.07, 6.45) is 1.71. The number of benzene rings is 1. The van der Waals surface area contributed by atoms with Gasteiger partial charge in [0.05, 0.1) is 5.56 Å². The second-order valence-corrected chi connectivity index (χ2v) is 4.48. The van der Waals surface area contributed by atoms with Crippen LogP contribution in [0.15, 0.2) is 47.8 Å². The number of nitrogens with two attached hydrogens (primary N) is 1. The quantitative estimate of drug-likeness (QED) is 0.370. The van der Waals surface area contributed by atoms with E-state index >= 15 is 0 Å². The topological polar surface area (TPSA) is 74.7 Å². The van der Waals surface area contributed by atoms with Gasteiger partial charge in [0.1, 0.15) is 5.82 Å². The van der Waals surface area contributed by atoms with Crippen LogP contribution < -0.4 is 10.6 Å². The molecule has 1 aromatic heterocycles. The third-order valence-corrected chi connectivity index (χ3v) is 3.31. The van der Waals surface area contributed by atoms with Crippen molar-refractivity contribution < 1.29 is 5.21 Å². The predicted molar refractivity (Wildman–Crippen MR) is 73.1 cm³/mol. The van der Waals surface area contributed by atoms with Crippen LogP contribution in [0.2, 0.25) is 0 Å². The molecule has 3 N–H and O–H groups in total. The van der Waals surface area contributed by atoms with Crippen LogP contribution in [0.5, 0.6) is 0 Å². The Kier molecular flexibility index (Phi) is 2.79. The summed E-state index contributed by atoms with van der Waals surface area (Å²) in [5.74, 6) is 0.827. The minimum Gasteiger partial charge on any atom is -0.409 e. The van der Waals surface area contributed by atoms with Gasteiger partial charge in [-0.1, -0.05) is 29.4 Å². The van der Waals surface area contributed by atoms with Crippen molar-refractivity contribution in [2.75, 3.05) is 4.90 Å². The van der Waals surface area contributed by atoms with Crippen LogP contribution in [0.3, 0.4) is 0 Å². The number of aromatic nitrogens is 1. The Hall–Kier alpha value is -2.56. The van der Waals surface area contributed by atoms with Crippen molar-refractivity contribution in [3.63, 3.8) is 0 Å². The number of anilines is 1. The Morgan fingerprint density at radius 3 is 2.47 bits per heavy atom. The minimum absolute atomic E-state index is 0.0825. The largest absolute Gasteiger partial charge is 0.409 e. The number of oxime groups is 1. The van der Waals surface area contributed by atoms with Crippen LogP contribution in [0, 0.1) is 0 Å². The molecule has 0 radical (unpaired) electrons. The van der Waals surface area contributed by atoms with Gasteiger partial charge in [0, 0.05) is 19.3 Å². The molecular weight excluding hydrogens is 240 g/mol. The molecule has 1 aliphatic rings. The average Bonchev–Trinajstić information content (AvgIpc) is 2.90. The van der Waals surface area contributed by atoms with Crippen LogP contribution in [0.25, 0.3) is 0 Å². The minimum atomic E-state index is 0.0825. The number of rotatable bonds is 2. The molecule has 0 spiro atoms. The van der Waals surface area contributed by atoms with Gasteiger partial charge < -0.3 is 15.8 Å². The lowest BCUT2D eigenvalue weighted by Crippen LogP contribution is -2.23. The molecule has 0 fully saturated rings. The maximum absolute atomic E-state index is 8.85. The van der Waals surface area contributed by atoms with E-state index in [4.69, 9.17) is 10.9 Å². The van der Waals surface area contributed by atoms with Crippen molar-refractivity contribution in [1.29, 1.82) is 0 Å². The SMILES string of the molecule is NC(=NO)c1cccnc1N1Cc2ccccc2C1. The van der Waals surface area contributed by atoms with E-state index in [2.05, 4.69) is 27.2 Å². The Balaban J connectivity index is 1.98. The van der Waals surface area contributed by atoms with Crippen LogP contribution in [0.4, 0.5) is 5.82 Å².